The molecule has 1 heterocycles. The van der Waals surface area contributed by atoms with Gasteiger partial charge >= 0.3 is 18.1 Å². The molecule has 1 amide bonds. The summed E-state index contributed by atoms with van der Waals surface area (Å²) in [5.74, 6) is -6.06. The quantitative estimate of drug-likeness (QED) is 0.175. The molecule has 0 atom stereocenters. The van der Waals surface area contributed by atoms with Crippen molar-refractivity contribution < 1.29 is 45.1 Å². The molecule has 0 spiro atoms. The smallest absolute Gasteiger partial charge is 0.493 e. The van der Waals surface area contributed by atoms with Crippen LogP contribution in [0.5, 0.6) is 5.75 Å². The van der Waals surface area contributed by atoms with E-state index in [0.29, 0.717) is 48.8 Å². The number of carbonyl (C=O) groups is 2. The Labute approximate surface area is 272 Å². The Balaban J connectivity index is 1.23. The Morgan fingerprint density at radius 1 is 1.00 bits per heavy atom. The molecule has 1 aliphatic heterocycles. The zero-order chi connectivity index (χ0) is 33.6. The van der Waals surface area contributed by atoms with E-state index in [0.717, 1.165) is 22.8 Å². The number of hydrogen-bond acceptors (Lipinski definition) is 7. The minimum absolute atomic E-state index is 0.0160. The molecule has 1 aliphatic carbocycles. The lowest BCUT2D eigenvalue weighted by Crippen LogP contribution is -2.56. The van der Waals surface area contributed by atoms with Crippen LogP contribution in [0.15, 0.2) is 54.6 Å². The predicted molar refractivity (Wildman–Crippen MR) is 162 cm³/mol. The molecular formula is C31H28Cl2F4N2O6S. The number of benzene rings is 3. The van der Waals surface area contributed by atoms with Gasteiger partial charge in [0.2, 0.25) is 0 Å². The molecule has 8 nitrogen and oxygen atoms in total. The maximum atomic E-state index is 15.7. The second-order valence-electron chi connectivity index (χ2n) is 11.9. The van der Waals surface area contributed by atoms with E-state index < -0.39 is 43.9 Å². The SMILES string of the molecule is CC1(COc2ccc(C(=O)N(OC(=O)C(F)(F)F)S(C)(=O)=O)c(F)c2C2CC2)CN(Cc2ccc(-c3cc(Cl)cc(Cl)c3)cc2)C1. The number of hydroxylamine groups is 1. The molecule has 46 heavy (non-hydrogen) atoms. The van der Waals surface area contributed by atoms with Crippen molar-refractivity contribution in [2.24, 2.45) is 5.41 Å². The Morgan fingerprint density at radius 2 is 1.61 bits per heavy atom. The number of alkyl halides is 3. The van der Waals surface area contributed by atoms with E-state index >= 15 is 4.39 Å². The van der Waals surface area contributed by atoms with Crippen molar-refractivity contribution in [3.8, 4) is 16.9 Å². The van der Waals surface area contributed by atoms with E-state index in [1.807, 2.05) is 43.3 Å². The molecule has 3 aromatic rings. The average Bonchev–Trinajstić information content (AvgIpc) is 3.77. The third kappa shape index (κ3) is 7.76. The summed E-state index contributed by atoms with van der Waals surface area (Å²) in [7, 11) is -4.85. The summed E-state index contributed by atoms with van der Waals surface area (Å²) in [6.07, 6.45) is -4.11. The van der Waals surface area contributed by atoms with Gasteiger partial charge in [0.1, 0.15) is 11.6 Å². The fourth-order valence-electron chi connectivity index (χ4n) is 5.37. The number of nitrogens with zero attached hydrogens (tertiary/aromatic N) is 2. The van der Waals surface area contributed by atoms with Crippen LogP contribution in [0.4, 0.5) is 17.6 Å². The van der Waals surface area contributed by atoms with Gasteiger partial charge < -0.3 is 9.57 Å². The van der Waals surface area contributed by atoms with Crippen molar-refractivity contribution >= 4 is 45.1 Å². The second-order valence-corrected chi connectivity index (χ2v) is 14.6. The molecule has 0 aromatic heterocycles. The van der Waals surface area contributed by atoms with Crippen molar-refractivity contribution in [2.45, 2.75) is 38.4 Å². The molecule has 0 radical (unpaired) electrons. The van der Waals surface area contributed by atoms with E-state index in [-0.39, 0.29) is 29.3 Å². The summed E-state index contributed by atoms with van der Waals surface area (Å²) in [5.41, 5.74) is 1.86. The fraction of sp³-hybridized carbons (Fsp3) is 0.355. The minimum Gasteiger partial charge on any atom is -0.493 e. The van der Waals surface area contributed by atoms with Crippen molar-refractivity contribution in [2.75, 3.05) is 26.0 Å². The first-order valence-corrected chi connectivity index (χ1v) is 16.6. The van der Waals surface area contributed by atoms with Crippen LogP contribution in [-0.4, -0.2) is 61.8 Å². The highest BCUT2D eigenvalue weighted by Crippen LogP contribution is 2.47. The number of ether oxygens (including phenoxy) is 1. The summed E-state index contributed by atoms with van der Waals surface area (Å²) in [6, 6.07) is 15.6. The number of carbonyl (C=O) groups excluding carboxylic acids is 2. The van der Waals surface area contributed by atoms with Crippen LogP contribution in [0, 0.1) is 11.2 Å². The van der Waals surface area contributed by atoms with Crippen molar-refractivity contribution in [3.05, 3.63) is 87.2 Å². The van der Waals surface area contributed by atoms with Gasteiger partial charge in [-0.2, -0.15) is 13.2 Å². The topological polar surface area (TPSA) is 93.2 Å². The van der Waals surface area contributed by atoms with Crippen molar-refractivity contribution in [1.82, 2.24) is 9.37 Å². The predicted octanol–water partition coefficient (Wildman–Crippen LogP) is 7.00. The van der Waals surface area contributed by atoms with Gasteiger partial charge in [-0.3, -0.25) is 9.69 Å². The van der Waals surface area contributed by atoms with Crippen LogP contribution in [-0.2, 0) is 26.2 Å². The van der Waals surface area contributed by atoms with Gasteiger partial charge in [0.15, 0.2) is 0 Å². The van der Waals surface area contributed by atoms with Crippen LogP contribution in [0.2, 0.25) is 10.0 Å². The largest absolute Gasteiger partial charge is 0.493 e. The van der Waals surface area contributed by atoms with Crippen LogP contribution >= 0.6 is 23.2 Å². The highest BCUT2D eigenvalue weighted by molar-refractivity contribution is 7.88. The lowest BCUT2D eigenvalue weighted by molar-refractivity contribution is -0.216. The van der Waals surface area contributed by atoms with Crippen molar-refractivity contribution in [1.29, 1.82) is 0 Å². The number of amides is 1. The number of likely N-dealkylation sites (tertiary alicyclic amines) is 1. The molecule has 1 saturated heterocycles. The monoisotopic (exact) mass is 702 g/mol. The third-order valence-electron chi connectivity index (χ3n) is 7.56. The van der Waals surface area contributed by atoms with E-state index in [1.54, 1.807) is 6.07 Å². The Hall–Kier alpha value is -3.39. The molecular weight excluding hydrogens is 675 g/mol. The molecule has 5 rings (SSSR count). The first-order chi connectivity index (χ1) is 21.4. The lowest BCUT2D eigenvalue weighted by Gasteiger charge is -2.48. The van der Waals surface area contributed by atoms with Crippen LogP contribution in [0.1, 0.15) is 47.2 Å². The standard InChI is InChI=1S/C31H28Cl2F4N2O6S/c1-30(15-38(16-30)14-18-3-5-19(6-4-18)21-11-22(32)13-23(33)12-21)17-44-25-10-9-24(27(34)26(25)20-7-8-20)28(40)39(46(2,42)43)45-29(41)31(35,36)37/h3-6,9-13,20H,7-8,14-17H2,1-2H3. The Kier molecular flexibility index (Phi) is 9.35. The van der Waals surface area contributed by atoms with Crippen molar-refractivity contribution in [3.63, 3.8) is 0 Å². The number of sulfonamides is 1. The first-order valence-electron chi connectivity index (χ1n) is 14.0. The van der Waals surface area contributed by atoms with Gasteiger partial charge in [-0.1, -0.05) is 58.9 Å². The maximum absolute atomic E-state index is 15.7. The molecule has 2 fully saturated rings. The zero-order valence-electron chi connectivity index (χ0n) is 24.5. The molecule has 1 saturated carbocycles. The summed E-state index contributed by atoms with van der Waals surface area (Å²) < 4.78 is 83.1. The van der Waals surface area contributed by atoms with Gasteiger partial charge in [0.25, 0.3) is 10.0 Å². The molecule has 246 valence electrons. The summed E-state index contributed by atoms with van der Waals surface area (Å²) in [5, 5.41) is 1.10. The third-order valence-corrected chi connectivity index (χ3v) is 8.84. The summed E-state index contributed by atoms with van der Waals surface area (Å²) in [4.78, 5) is 30.2. The minimum atomic E-state index is -5.59. The van der Waals surface area contributed by atoms with Gasteiger partial charge in [-0.25, -0.2) is 17.6 Å². The molecule has 0 bridgehead atoms. The van der Waals surface area contributed by atoms with Crippen LogP contribution in [0.25, 0.3) is 11.1 Å². The van der Waals surface area contributed by atoms with Gasteiger partial charge in [-0.05, 0) is 65.8 Å². The normalized spacial score (nSPS) is 16.4. The van der Waals surface area contributed by atoms with Gasteiger partial charge in [0, 0.05) is 40.7 Å². The molecule has 0 N–H and O–H groups in total. The van der Waals surface area contributed by atoms with Gasteiger partial charge in [-0.15, -0.1) is 0 Å². The number of hydrogen-bond donors (Lipinski definition) is 0. The molecule has 3 aromatic carbocycles. The highest BCUT2D eigenvalue weighted by Gasteiger charge is 2.46. The van der Waals surface area contributed by atoms with E-state index in [9.17, 15) is 31.2 Å². The zero-order valence-corrected chi connectivity index (χ0v) is 26.9. The first kappa shape index (κ1) is 34.0. The van der Waals surface area contributed by atoms with Crippen LogP contribution in [0.3, 0.4) is 0 Å². The van der Waals surface area contributed by atoms with Crippen LogP contribution < -0.4 is 4.74 Å². The van der Waals surface area contributed by atoms with Gasteiger partial charge in [0.05, 0.1) is 18.4 Å². The maximum Gasteiger partial charge on any atom is 0.493 e. The number of rotatable bonds is 9. The number of halogens is 6. The summed E-state index contributed by atoms with van der Waals surface area (Å²) in [6.45, 7) is 4.29. The molecule has 15 heteroatoms. The van der Waals surface area contributed by atoms with E-state index in [4.69, 9.17) is 27.9 Å². The average molecular weight is 704 g/mol. The Morgan fingerprint density at radius 3 is 2.15 bits per heavy atom. The molecule has 0 unspecified atom stereocenters. The Bertz CT molecular complexity index is 1760. The summed E-state index contributed by atoms with van der Waals surface area (Å²) >= 11 is 12.2. The van der Waals surface area contributed by atoms with E-state index in [2.05, 4.69) is 9.74 Å². The fourth-order valence-corrected chi connectivity index (χ4v) is 6.50. The highest BCUT2D eigenvalue weighted by atomic mass is 35.5. The van der Waals surface area contributed by atoms with E-state index in [1.165, 1.54) is 6.07 Å². The lowest BCUT2D eigenvalue weighted by atomic mass is 9.82. The molecule has 2 aliphatic rings. The second kappa shape index (κ2) is 12.7.